The van der Waals surface area contributed by atoms with Crippen LogP contribution in [-0.2, 0) is 4.79 Å². The number of H-pyrrole nitrogens is 1. The highest BCUT2D eigenvalue weighted by molar-refractivity contribution is 8.04. The minimum Gasteiger partial charge on any atom is -0.494 e. The minimum absolute atomic E-state index is 0. The molecule has 5 rings (SSSR count). The van der Waals surface area contributed by atoms with Gasteiger partial charge in [0.25, 0.3) is 5.91 Å². The first-order valence-corrected chi connectivity index (χ1v) is 12.2. The maximum atomic E-state index is 12.9. The van der Waals surface area contributed by atoms with Crippen molar-refractivity contribution < 1.29 is 19.4 Å². The second-order valence-electron chi connectivity index (χ2n) is 8.52. The Labute approximate surface area is 225 Å². The van der Waals surface area contributed by atoms with Crippen LogP contribution < -0.4 is 10.1 Å². The van der Waals surface area contributed by atoms with Gasteiger partial charge in [0.05, 0.1) is 28.3 Å². The number of nitrogens with one attached hydrogen (secondary N) is 2. The van der Waals surface area contributed by atoms with Crippen LogP contribution in [0, 0.1) is 0 Å². The molecular formula is C25H28Cl2N4O4S. The topological polar surface area (TPSA) is 108 Å². The standard InChI is InChI=1S/C25H26N4O4S.2ClH/c30-24(22-15-20-23-19(27-28-20)3-1-4-21(23)34-22)26-17-9-12-29(13-10-17)11-2-14-33-18-7-5-16(6-8-18)25(31)32;;/h1,3-8,15,17H,2,9-14H2,(H,26,30)(H,27,28)(H,31,32);2*1H. The third-order valence-electron chi connectivity index (χ3n) is 6.20. The number of aromatic nitrogens is 2. The highest BCUT2D eigenvalue weighted by Gasteiger charge is 2.25. The lowest BCUT2D eigenvalue weighted by Crippen LogP contribution is -2.45. The zero-order valence-electron chi connectivity index (χ0n) is 19.4. The second kappa shape index (κ2) is 12.5. The van der Waals surface area contributed by atoms with Crippen molar-refractivity contribution in [1.82, 2.24) is 20.4 Å². The normalized spacial score (nSPS) is 15.4. The summed E-state index contributed by atoms with van der Waals surface area (Å²) in [5.41, 5.74) is 2.07. The largest absolute Gasteiger partial charge is 0.494 e. The van der Waals surface area contributed by atoms with Crippen molar-refractivity contribution in [3.05, 3.63) is 58.6 Å². The Hall–Kier alpha value is -2.72. The fourth-order valence-corrected chi connectivity index (χ4v) is 5.39. The van der Waals surface area contributed by atoms with E-state index in [1.807, 2.05) is 24.3 Å². The van der Waals surface area contributed by atoms with Gasteiger partial charge >= 0.3 is 5.97 Å². The van der Waals surface area contributed by atoms with Crippen molar-refractivity contribution in [2.24, 2.45) is 0 Å². The lowest BCUT2D eigenvalue weighted by molar-refractivity contribution is -0.117. The third kappa shape index (κ3) is 6.34. The molecule has 0 aliphatic carbocycles. The number of carbonyl (C=O) groups is 2. The molecule has 0 saturated carbocycles. The van der Waals surface area contributed by atoms with Crippen LogP contribution in [0.15, 0.2) is 52.3 Å². The summed E-state index contributed by atoms with van der Waals surface area (Å²) in [5, 5.41) is 20.6. The van der Waals surface area contributed by atoms with Gasteiger partial charge in [-0.25, -0.2) is 4.79 Å². The Balaban J connectivity index is 0.00000180. The average Bonchev–Trinajstić information content (AvgIpc) is 3.27. The van der Waals surface area contributed by atoms with Crippen LogP contribution in [-0.4, -0.2) is 64.4 Å². The van der Waals surface area contributed by atoms with Gasteiger partial charge in [-0.15, -0.1) is 24.8 Å². The molecule has 8 nitrogen and oxygen atoms in total. The summed E-state index contributed by atoms with van der Waals surface area (Å²) in [7, 11) is 0. The van der Waals surface area contributed by atoms with Crippen LogP contribution in [0.5, 0.6) is 5.75 Å². The summed E-state index contributed by atoms with van der Waals surface area (Å²) in [5.74, 6) is -0.291. The van der Waals surface area contributed by atoms with Crippen molar-refractivity contribution in [3.8, 4) is 5.75 Å². The second-order valence-corrected chi connectivity index (χ2v) is 9.60. The van der Waals surface area contributed by atoms with Crippen molar-refractivity contribution >= 4 is 65.4 Å². The number of hydrogen-bond donors (Lipinski definition) is 3. The van der Waals surface area contributed by atoms with E-state index in [0.29, 0.717) is 17.3 Å². The molecule has 0 bridgehead atoms. The minimum atomic E-state index is -0.940. The molecule has 3 heterocycles. The molecular weight excluding hydrogens is 523 g/mol. The van der Waals surface area contributed by atoms with E-state index in [0.717, 1.165) is 60.4 Å². The molecule has 1 aromatic heterocycles. The number of aromatic carboxylic acids is 1. The SMILES string of the molecule is Cl.Cl.O=C(NC1CCN(CCCOc2ccc(C(=O)O)cc2)CC1)C1=Cc2n[nH]c3cccc(c23)S1. The molecule has 1 fully saturated rings. The van der Waals surface area contributed by atoms with Gasteiger partial charge in [0.2, 0.25) is 0 Å². The maximum Gasteiger partial charge on any atom is 0.335 e. The van der Waals surface area contributed by atoms with E-state index in [1.54, 1.807) is 24.3 Å². The number of piperidine rings is 1. The predicted octanol–water partition coefficient (Wildman–Crippen LogP) is 4.60. The Morgan fingerprint density at radius 2 is 1.89 bits per heavy atom. The van der Waals surface area contributed by atoms with Gasteiger partial charge in [0.15, 0.2) is 0 Å². The number of benzene rings is 2. The number of carboxylic acid groups (broad SMARTS) is 1. The molecule has 2 aliphatic heterocycles. The fraction of sp³-hybridized carbons (Fsp3) is 0.320. The number of halogens is 2. The van der Waals surface area contributed by atoms with Crippen LogP contribution in [0.1, 0.15) is 35.3 Å². The van der Waals surface area contributed by atoms with Crippen molar-refractivity contribution in [3.63, 3.8) is 0 Å². The Morgan fingerprint density at radius 3 is 2.61 bits per heavy atom. The number of amides is 1. The van der Waals surface area contributed by atoms with Crippen LogP contribution >= 0.6 is 36.6 Å². The fourth-order valence-electron chi connectivity index (χ4n) is 4.37. The van der Waals surface area contributed by atoms with Crippen LogP contribution in [0.2, 0.25) is 0 Å². The predicted molar refractivity (Wildman–Crippen MR) is 146 cm³/mol. The number of thioether (sulfide) groups is 1. The maximum absolute atomic E-state index is 12.9. The number of rotatable bonds is 8. The summed E-state index contributed by atoms with van der Waals surface area (Å²) < 4.78 is 5.72. The molecule has 0 unspecified atom stereocenters. The number of aromatic amines is 1. The van der Waals surface area contributed by atoms with E-state index in [2.05, 4.69) is 20.4 Å². The molecule has 2 aliphatic rings. The molecule has 0 atom stereocenters. The smallest absolute Gasteiger partial charge is 0.335 e. The average molecular weight is 551 g/mol. The van der Waals surface area contributed by atoms with Gasteiger partial charge in [0, 0.05) is 36.0 Å². The Morgan fingerprint density at radius 1 is 1.14 bits per heavy atom. The van der Waals surface area contributed by atoms with E-state index in [-0.39, 0.29) is 42.3 Å². The summed E-state index contributed by atoms with van der Waals surface area (Å²) in [6.45, 7) is 3.39. The molecule has 3 aromatic rings. The molecule has 192 valence electrons. The Bertz CT molecular complexity index is 1240. The molecule has 11 heteroatoms. The zero-order chi connectivity index (χ0) is 23.5. The lowest BCUT2D eigenvalue weighted by Gasteiger charge is -2.32. The van der Waals surface area contributed by atoms with Gasteiger partial charge in [-0.05, 0) is 61.7 Å². The Kier molecular flexibility index (Phi) is 9.67. The molecule has 1 amide bonds. The molecule has 2 aromatic carbocycles. The quantitative estimate of drug-likeness (QED) is 0.351. The van der Waals surface area contributed by atoms with E-state index < -0.39 is 5.97 Å². The first-order chi connectivity index (χ1) is 16.6. The number of nitrogens with zero attached hydrogens (tertiary/aromatic N) is 2. The first-order valence-electron chi connectivity index (χ1n) is 11.4. The third-order valence-corrected chi connectivity index (χ3v) is 7.29. The van der Waals surface area contributed by atoms with Crippen molar-refractivity contribution in [2.45, 2.75) is 30.2 Å². The zero-order valence-corrected chi connectivity index (χ0v) is 21.9. The van der Waals surface area contributed by atoms with Crippen LogP contribution in [0.4, 0.5) is 0 Å². The van der Waals surface area contributed by atoms with E-state index in [1.165, 1.54) is 11.8 Å². The van der Waals surface area contributed by atoms with Crippen LogP contribution in [0.3, 0.4) is 0 Å². The van der Waals surface area contributed by atoms with E-state index in [9.17, 15) is 9.59 Å². The number of likely N-dealkylation sites (tertiary alicyclic amines) is 1. The lowest BCUT2D eigenvalue weighted by atomic mass is 10.0. The number of carboxylic acids is 1. The molecule has 0 radical (unpaired) electrons. The molecule has 3 N–H and O–H groups in total. The van der Waals surface area contributed by atoms with E-state index >= 15 is 0 Å². The highest BCUT2D eigenvalue weighted by atomic mass is 35.5. The van der Waals surface area contributed by atoms with Crippen molar-refractivity contribution in [1.29, 1.82) is 0 Å². The molecule has 0 spiro atoms. The summed E-state index contributed by atoms with van der Waals surface area (Å²) in [6.07, 6.45) is 4.60. The summed E-state index contributed by atoms with van der Waals surface area (Å²) in [4.78, 5) is 27.9. The summed E-state index contributed by atoms with van der Waals surface area (Å²) >= 11 is 1.50. The number of carbonyl (C=O) groups excluding carboxylic acids is 1. The summed E-state index contributed by atoms with van der Waals surface area (Å²) in [6, 6.07) is 12.6. The van der Waals surface area contributed by atoms with Gasteiger partial charge in [0.1, 0.15) is 5.75 Å². The first kappa shape index (κ1) is 27.9. The van der Waals surface area contributed by atoms with E-state index in [4.69, 9.17) is 9.84 Å². The van der Waals surface area contributed by atoms with Gasteiger partial charge in [-0.2, -0.15) is 5.10 Å². The highest BCUT2D eigenvalue weighted by Crippen LogP contribution is 2.39. The number of hydrogen-bond acceptors (Lipinski definition) is 6. The molecule has 36 heavy (non-hydrogen) atoms. The molecule has 1 saturated heterocycles. The van der Waals surface area contributed by atoms with Crippen LogP contribution in [0.25, 0.3) is 17.0 Å². The van der Waals surface area contributed by atoms with Crippen molar-refractivity contribution in [2.75, 3.05) is 26.2 Å². The van der Waals surface area contributed by atoms with Gasteiger partial charge in [-0.3, -0.25) is 9.89 Å². The number of ether oxygens (including phenoxy) is 1. The monoisotopic (exact) mass is 550 g/mol. The van der Waals surface area contributed by atoms with Gasteiger partial charge < -0.3 is 20.1 Å². The van der Waals surface area contributed by atoms with Gasteiger partial charge in [-0.1, -0.05) is 17.8 Å².